The van der Waals surface area contributed by atoms with Crippen LogP contribution >= 0.6 is 31.9 Å². The summed E-state index contributed by atoms with van der Waals surface area (Å²) in [7, 11) is 0. The number of benzene rings is 1. The van der Waals surface area contributed by atoms with Gasteiger partial charge in [0, 0.05) is 33.9 Å². The molecule has 1 aromatic rings. The topological polar surface area (TPSA) is 20.3 Å². The van der Waals surface area contributed by atoms with Gasteiger partial charge in [0.05, 0.1) is 5.69 Å². The predicted octanol–water partition coefficient (Wildman–Crippen LogP) is 4.22. The lowest BCUT2D eigenvalue weighted by Gasteiger charge is -2.37. The van der Waals surface area contributed by atoms with Crippen molar-refractivity contribution in [1.29, 1.82) is 0 Å². The zero-order chi connectivity index (χ0) is 12.9. The van der Waals surface area contributed by atoms with E-state index in [1.807, 2.05) is 0 Å². The van der Waals surface area contributed by atoms with Gasteiger partial charge >= 0.3 is 0 Å². The number of hydrogen-bond donors (Lipinski definition) is 0. The van der Waals surface area contributed by atoms with Crippen LogP contribution in [-0.2, 0) is 4.79 Å². The lowest BCUT2D eigenvalue weighted by atomic mass is 10.0. The molecule has 2 bridgehead atoms. The highest BCUT2D eigenvalue weighted by atomic mass is 79.9. The van der Waals surface area contributed by atoms with Crippen molar-refractivity contribution in [3.05, 3.63) is 26.6 Å². The van der Waals surface area contributed by atoms with Gasteiger partial charge in [-0.2, -0.15) is 0 Å². The Hall–Kier alpha value is -0.350. The van der Waals surface area contributed by atoms with Gasteiger partial charge in [-0.1, -0.05) is 0 Å². The SMILES string of the molecule is Cc1cc(Br)c(N2C3CCC2CC(=O)C3)c(Br)c1. The summed E-state index contributed by atoms with van der Waals surface area (Å²) in [6.45, 7) is 2.09. The highest BCUT2D eigenvalue weighted by molar-refractivity contribution is 9.11. The predicted molar refractivity (Wildman–Crippen MR) is 80.1 cm³/mol. The maximum absolute atomic E-state index is 11.7. The molecule has 0 spiro atoms. The molecule has 0 saturated carbocycles. The van der Waals surface area contributed by atoms with Crippen LogP contribution in [-0.4, -0.2) is 17.9 Å². The number of fused-ring (bicyclic) bond motifs is 2. The molecule has 2 saturated heterocycles. The van der Waals surface area contributed by atoms with Crippen molar-refractivity contribution in [1.82, 2.24) is 0 Å². The van der Waals surface area contributed by atoms with Gasteiger partial charge in [0.15, 0.2) is 0 Å². The van der Waals surface area contributed by atoms with Crippen molar-refractivity contribution in [2.45, 2.75) is 44.7 Å². The van der Waals surface area contributed by atoms with Gasteiger partial charge in [0.2, 0.25) is 0 Å². The third-order valence-corrected chi connectivity index (χ3v) is 5.17. The van der Waals surface area contributed by atoms with Crippen molar-refractivity contribution in [3.63, 3.8) is 0 Å². The number of halogens is 2. The average molecular weight is 373 g/mol. The lowest BCUT2D eigenvalue weighted by molar-refractivity contribution is -0.120. The highest BCUT2D eigenvalue weighted by Crippen LogP contribution is 2.44. The van der Waals surface area contributed by atoms with Crippen LogP contribution in [0.25, 0.3) is 0 Å². The molecule has 0 radical (unpaired) electrons. The van der Waals surface area contributed by atoms with Crippen LogP contribution in [0.5, 0.6) is 0 Å². The number of nitrogens with zero attached hydrogens (tertiary/aromatic N) is 1. The summed E-state index contributed by atoms with van der Waals surface area (Å²) in [4.78, 5) is 14.1. The fourth-order valence-corrected chi connectivity index (χ4v) is 5.10. The number of aryl methyl sites for hydroxylation is 1. The van der Waals surface area contributed by atoms with Gasteiger partial charge in [-0.25, -0.2) is 0 Å². The maximum Gasteiger partial charge on any atom is 0.137 e. The van der Waals surface area contributed by atoms with Gasteiger partial charge < -0.3 is 4.90 Å². The number of ketones is 1. The first-order valence-corrected chi connectivity index (χ1v) is 7.90. The molecule has 1 aromatic carbocycles. The molecule has 0 aliphatic carbocycles. The highest BCUT2D eigenvalue weighted by Gasteiger charge is 2.41. The zero-order valence-corrected chi connectivity index (χ0v) is 13.4. The Balaban J connectivity index is 2.04. The minimum Gasteiger partial charge on any atom is -0.363 e. The molecule has 2 aliphatic heterocycles. The van der Waals surface area contributed by atoms with Crippen molar-refractivity contribution in [2.75, 3.05) is 4.90 Å². The monoisotopic (exact) mass is 371 g/mol. The Kier molecular flexibility index (Phi) is 3.27. The second-order valence-corrected chi connectivity index (χ2v) is 7.03. The quantitative estimate of drug-likeness (QED) is 0.735. The second-order valence-electron chi connectivity index (χ2n) is 5.32. The first-order chi connectivity index (χ1) is 8.56. The zero-order valence-electron chi connectivity index (χ0n) is 10.2. The molecule has 4 heteroatoms. The molecule has 0 N–H and O–H groups in total. The molecule has 96 valence electrons. The molecule has 0 aromatic heterocycles. The molecular weight excluding hydrogens is 358 g/mol. The normalized spacial score (nSPS) is 26.8. The Morgan fingerprint density at radius 1 is 1.11 bits per heavy atom. The Morgan fingerprint density at radius 2 is 1.61 bits per heavy atom. The smallest absolute Gasteiger partial charge is 0.137 e. The average Bonchev–Trinajstić information content (AvgIpc) is 2.53. The van der Waals surface area contributed by atoms with E-state index >= 15 is 0 Å². The molecule has 2 nitrogen and oxygen atoms in total. The maximum atomic E-state index is 11.7. The van der Waals surface area contributed by atoms with E-state index in [0.717, 1.165) is 21.8 Å². The van der Waals surface area contributed by atoms with Gasteiger partial charge in [-0.3, -0.25) is 4.79 Å². The number of rotatable bonds is 1. The summed E-state index contributed by atoms with van der Waals surface area (Å²) in [6, 6.07) is 5.09. The number of piperidine rings is 1. The Bertz CT molecular complexity index is 476. The van der Waals surface area contributed by atoms with Crippen LogP contribution in [0.2, 0.25) is 0 Å². The molecule has 2 atom stereocenters. The Morgan fingerprint density at radius 3 is 2.11 bits per heavy atom. The van der Waals surface area contributed by atoms with E-state index in [1.54, 1.807) is 0 Å². The minimum atomic E-state index is 0.395. The first kappa shape index (κ1) is 12.7. The van der Waals surface area contributed by atoms with Crippen LogP contribution in [0.15, 0.2) is 21.1 Å². The molecule has 0 amide bonds. The van der Waals surface area contributed by atoms with Crippen molar-refractivity contribution >= 4 is 43.3 Å². The summed E-state index contributed by atoms with van der Waals surface area (Å²) < 4.78 is 2.25. The first-order valence-electron chi connectivity index (χ1n) is 6.32. The van der Waals surface area contributed by atoms with Crippen LogP contribution in [0.3, 0.4) is 0 Å². The van der Waals surface area contributed by atoms with E-state index in [-0.39, 0.29) is 0 Å². The summed E-state index contributed by atoms with van der Waals surface area (Å²) in [6.07, 6.45) is 3.71. The van der Waals surface area contributed by atoms with E-state index in [4.69, 9.17) is 0 Å². The van der Waals surface area contributed by atoms with E-state index < -0.39 is 0 Å². The van der Waals surface area contributed by atoms with Gasteiger partial charge in [-0.15, -0.1) is 0 Å². The minimum absolute atomic E-state index is 0.395. The van der Waals surface area contributed by atoms with Gasteiger partial charge in [0.1, 0.15) is 5.78 Å². The van der Waals surface area contributed by atoms with E-state index in [1.165, 1.54) is 11.3 Å². The second kappa shape index (κ2) is 4.64. The van der Waals surface area contributed by atoms with E-state index in [9.17, 15) is 4.79 Å². The summed E-state index contributed by atoms with van der Waals surface area (Å²) in [5.74, 6) is 0.429. The number of carbonyl (C=O) groups is 1. The Labute approximate surface area is 124 Å². The summed E-state index contributed by atoms with van der Waals surface area (Å²) in [5, 5.41) is 0. The van der Waals surface area contributed by atoms with Crippen LogP contribution in [0, 0.1) is 6.92 Å². The fraction of sp³-hybridized carbons (Fsp3) is 0.500. The molecular formula is C14H15Br2NO. The van der Waals surface area contributed by atoms with Crippen LogP contribution < -0.4 is 4.90 Å². The molecule has 2 aliphatic rings. The van der Waals surface area contributed by atoms with Gasteiger partial charge in [0.25, 0.3) is 0 Å². The fourth-order valence-electron chi connectivity index (χ4n) is 3.27. The molecule has 2 unspecified atom stereocenters. The lowest BCUT2D eigenvalue weighted by Crippen LogP contribution is -2.43. The summed E-state index contributed by atoms with van der Waals surface area (Å²) in [5.41, 5.74) is 2.46. The van der Waals surface area contributed by atoms with Crippen molar-refractivity contribution in [3.8, 4) is 0 Å². The van der Waals surface area contributed by atoms with Crippen LogP contribution in [0.4, 0.5) is 5.69 Å². The molecule has 3 rings (SSSR count). The third-order valence-electron chi connectivity index (χ3n) is 3.97. The van der Waals surface area contributed by atoms with Gasteiger partial charge in [-0.05, 0) is 69.3 Å². The number of Topliss-reactive ketones (excluding diaryl/α,β-unsaturated/α-hetero) is 1. The van der Waals surface area contributed by atoms with E-state index in [0.29, 0.717) is 30.7 Å². The molecule has 18 heavy (non-hydrogen) atoms. The van der Waals surface area contributed by atoms with E-state index in [2.05, 4.69) is 55.8 Å². The number of hydrogen-bond acceptors (Lipinski definition) is 2. The number of carbonyl (C=O) groups excluding carboxylic acids is 1. The largest absolute Gasteiger partial charge is 0.363 e. The van der Waals surface area contributed by atoms with Crippen LogP contribution in [0.1, 0.15) is 31.2 Å². The summed E-state index contributed by atoms with van der Waals surface area (Å²) >= 11 is 7.35. The van der Waals surface area contributed by atoms with Crippen molar-refractivity contribution < 1.29 is 4.79 Å². The molecule has 2 heterocycles. The standard InChI is InChI=1S/C14H15Br2NO/c1-8-4-12(15)14(13(16)5-8)17-9-2-3-10(17)7-11(18)6-9/h4-5,9-10H,2-3,6-7H2,1H3. The third kappa shape index (κ3) is 2.03. The number of anilines is 1. The molecule has 2 fully saturated rings. The van der Waals surface area contributed by atoms with Crippen molar-refractivity contribution in [2.24, 2.45) is 0 Å².